The van der Waals surface area contributed by atoms with Gasteiger partial charge in [0.15, 0.2) is 37.7 Å². The van der Waals surface area contributed by atoms with E-state index in [1.807, 2.05) is 6.08 Å². The molecule has 0 aromatic rings. The predicted octanol–water partition coefficient (Wildman–Crippen LogP) is 0.473. The number of rotatable bonds is 59. The largest absolute Gasteiger partial charge is 0.394 e. The maximum absolute atomic E-state index is 13.6. The molecular weight excluding hydrogens is 1580 g/mol. The van der Waals surface area contributed by atoms with Crippen molar-refractivity contribution in [3.05, 3.63) is 24.3 Å². The van der Waals surface area contributed by atoms with Gasteiger partial charge in [0.25, 0.3) is 0 Å². The molecule has 700 valence electrons. The highest BCUT2D eigenvalue weighted by Gasteiger charge is 2.58. The van der Waals surface area contributed by atoms with Gasteiger partial charge in [-0.15, -0.1) is 0 Å². The lowest BCUT2D eigenvalue weighted by molar-refractivity contribution is -0.390. The number of unbranched alkanes of at least 4 members (excludes halogenated alkanes) is 30. The van der Waals surface area contributed by atoms with Gasteiger partial charge in [0.05, 0.1) is 58.4 Å². The van der Waals surface area contributed by atoms with E-state index in [1.165, 1.54) is 148 Å². The van der Waals surface area contributed by atoms with Gasteiger partial charge in [0.2, 0.25) is 17.7 Å². The normalized spacial score (nSPS) is 35.6. The van der Waals surface area contributed by atoms with Crippen molar-refractivity contribution in [2.24, 2.45) is 0 Å². The van der Waals surface area contributed by atoms with Crippen molar-refractivity contribution in [2.75, 3.05) is 46.2 Å². The molecule has 0 saturated carbocycles. The summed E-state index contributed by atoms with van der Waals surface area (Å²) < 4.78 is 71.2. The molecule has 0 bridgehead atoms. The van der Waals surface area contributed by atoms with Crippen LogP contribution in [0.4, 0.5) is 0 Å². The molecule has 0 radical (unpaired) electrons. The van der Waals surface area contributed by atoms with Crippen LogP contribution in [0.1, 0.15) is 246 Å². The molecule has 6 rings (SSSR count). The molecule has 0 spiro atoms. The Morgan fingerprint density at radius 1 is 0.333 bits per heavy atom. The van der Waals surface area contributed by atoms with E-state index in [0.29, 0.717) is 12.8 Å². The van der Waals surface area contributed by atoms with E-state index < -0.39 is 254 Å². The molecule has 0 aliphatic carbocycles. The van der Waals surface area contributed by atoms with Gasteiger partial charge in [-0.25, -0.2) is 0 Å². The number of aliphatic hydroxyl groups is 18. The highest BCUT2D eigenvalue weighted by atomic mass is 16.8. The highest BCUT2D eigenvalue weighted by molar-refractivity contribution is 5.76. The van der Waals surface area contributed by atoms with E-state index in [1.54, 1.807) is 6.08 Å². The third-order valence-corrected chi connectivity index (χ3v) is 23.4. The van der Waals surface area contributed by atoms with Crippen LogP contribution in [0, 0.1) is 0 Å². The van der Waals surface area contributed by atoms with Crippen molar-refractivity contribution in [3.8, 4) is 0 Å². The van der Waals surface area contributed by atoms with Gasteiger partial charge >= 0.3 is 0 Å². The lowest BCUT2D eigenvalue weighted by Crippen LogP contribution is -2.70. The number of hydrogen-bond donors (Lipinski definition) is 21. The molecule has 0 aromatic heterocycles. The molecule has 6 aliphatic rings. The van der Waals surface area contributed by atoms with Crippen molar-refractivity contribution in [3.63, 3.8) is 0 Å². The summed E-state index contributed by atoms with van der Waals surface area (Å²) in [4.78, 5) is 39.0. The van der Waals surface area contributed by atoms with Gasteiger partial charge in [0.1, 0.15) is 146 Å². The zero-order chi connectivity index (χ0) is 87.6. The van der Waals surface area contributed by atoms with Crippen molar-refractivity contribution >= 4 is 17.7 Å². The molecule has 6 saturated heterocycles. The maximum Gasteiger partial charge on any atom is 0.220 e. The van der Waals surface area contributed by atoms with E-state index in [-0.39, 0.29) is 12.3 Å². The number of aliphatic hydroxyl groups excluding tert-OH is 18. The summed E-state index contributed by atoms with van der Waals surface area (Å²) in [6.07, 6.45) is -8.89. The molecule has 6 aliphatic heterocycles. The Balaban J connectivity index is 1.06. The van der Waals surface area contributed by atoms with E-state index in [4.69, 9.17) is 56.8 Å². The summed E-state index contributed by atoms with van der Waals surface area (Å²) >= 11 is 0. The summed E-state index contributed by atoms with van der Waals surface area (Å²) in [5.74, 6) is -1.98. The number of hydrogen-bond acceptors (Lipinski definition) is 33. The van der Waals surface area contributed by atoms with Gasteiger partial charge in [-0.3, -0.25) is 14.4 Å². The zero-order valence-corrected chi connectivity index (χ0v) is 70.9. The number of amides is 3. The molecule has 120 heavy (non-hydrogen) atoms. The zero-order valence-electron chi connectivity index (χ0n) is 70.9. The fourth-order valence-corrected chi connectivity index (χ4v) is 16.1. The standard InChI is InChI=1S/C84H151N3O33/c1-5-7-9-11-13-15-17-19-20-21-22-23-24-25-26-27-28-30-32-34-36-38-40-42-60(96)87-52(53(95)41-39-37-35-33-31-29-18-16-14-12-10-8-6-2)48-109-81-72(106)69(103)75(57(46-91)114-81)117-83-73(107)70(104)76(58(47-92)115-83)118-84-74(108)78(65(99)56(45-90)113-84)120-80-62(86-51(4)94)77(119-82-71(105)68(102)64(98)55(44-89)112-82)66(100)59(116-80)49-110-79-61(85-50(3)93)67(101)63(97)54(43-88)111-79/h19-20,39,41,52-59,61-84,88-92,95,97-108H,5-18,21-38,40,42-49H2,1-4H3,(H,85,93)(H,86,94)(H,87,96)/b20-19-,41-39+/t52-,53+,54?,55?,56?,57?,58?,59?,61?,62?,63+,64-,65-,66-,67+,68-,69+,70+,71?,72?,73?,74?,75+,76-,77+,78-,79+,80-,81+,82-,83-,84-/m0/s1. The molecular formula is C84H151N3O33. The Morgan fingerprint density at radius 2 is 0.683 bits per heavy atom. The van der Waals surface area contributed by atoms with Gasteiger partial charge < -0.3 is 165 Å². The molecule has 0 aromatic carbocycles. The highest BCUT2D eigenvalue weighted by Crippen LogP contribution is 2.38. The number of carbonyl (C=O) groups excluding carboxylic acids is 3. The Bertz CT molecular complexity index is 2790. The lowest BCUT2D eigenvalue weighted by atomic mass is 9.94. The summed E-state index contributed by atoms with van der Waals surface area (Å²) in [6.45, 7) is 0.288. The van der Waals surface area contributed by atoms with Crippen LogP contribution >= 0.6 is 0 Å². The number of ether oxygens (including phenoxy) is 12. The molecule has 6 fully saturated rings. The first-order valence-corrected chi connectivity index (χ1v) is 44.6. The Hall–Kier alpha value is -3.31. The van der Waals surface area contributed by atoms with Crippen LogP contribution in [-0.4, -0.2) is 352 Å². The molecule has 36 nitrogen and oxygen atoms in total. The number of allylic oxidation sites excluding steroid dienone is 3. The van der Waals surface area contributed by atoms with Crippen LogP contribution < -0.4 is 16.0 Å². The monoisotopic (exact) mass is 1730 g/mol. The van der Waals surface area contributed by atoms with Crippen LogP contribution in [-0.2, 0) is 71.2 Å². The Kier molecular flexibility index (Phi) is 51.2. The van der Waals surface area contributed by atoms with Gasteiger partial charge in [-0.2, -0.15) is 0 Å². The third kappa shape index (κ3) is 34.0. The summed E-state index contributed by atoms with van der Waals surface area (Å²) in [7, 11) is 0. The van der Waals surface area contributed by atoms with Crippen molar-refractivity contribution in [2.45, 2.75) is 442 Å². The lowest BCUT2D eigenvalue weighted by Gasteiger charge is -2.50. The van der Waals surface area contributed by atoms with E-state index in [2.05, 4.69) is 41.9 Å². The van der Waals surface area contributed by atoms with Crippen LogP contribution in [0.3, 0.4) is 0 Å². The second-order valence-corrected chi connectivity index (χ2v) is 33.2. The third-order valence-electron chi connectivity index (χ3n) is 23.4. The molecule has 36 heteroatoms. The van der Waals surface area contributed by atoms with Crippen LogP contribution in [0.2, 0.25) is 0 Å². The summed E-state index contributed by atoms with van der Waals surface area (Å²) in [5.41, 5.74) is 0. The first-order valence-electron chi connectivity index (χ1n) is 44.6. The Morgan fingerprint density at radius 3 is 1.15 bits per heavy atom. The maximum atomic E-state index is 13.6. The molecule has 12 unspecified atom stereocenters. The van der Waals surface area contributed by atoms with Crippen molar-refractivity contribution < 1.29 is 163 Å². The van der Waals surface area contributed by atoms with Gasteiger partial charge in [-0.1, -0.05) is 205 Å². The van der Waals surface area contributed by atoms with Gasteiger partial charge in [0, 0.05) is 20.3 Å². The first-order chi connectivity index (χ1) is 57.8. The minimum atomic E-state index is -2.31. The smallest absolute Gasteiger partial charge is 0.220 e. The van der Waals surface area contributed by atoms with E-state index >= 15 is 0 Å². The van der Waals surface area contributed by atoms with E-state index in [9.17, 15) is 106 Å². The Labute approximate surface area is 706 Å². The first kappa shape index (κ1) is 105. The topological polar surface area (TPSA) is 562 Å². The molecule has 21 N–H and O–H groups in total. The predicted molar refractivity (Wildman–Crippen MR) is 431 cm³/mol. The molecule has 6 heterocycles. The quantitative estimate of drug-likeness (QED) is 0.0291. The second kappa shape index (κ2) is 58.2. The van der Waals surface area contributed by atoms with Crippen LogP contribution in [0.15, 0.2) is 24.3 Å². The van der Waals surface area contributed by atoms with E-state index in [0.717, 1.165) is 65.2 Å². The summed E-state index contributed by atoms with van der Waals surface area (Å²) in [6, 6.07) is -4.48. The number of carbonyl (C=O) groups is 3. The fourth-order valence-electron chi connectivity index (χ4n) is 16.1. The van der Waals surface area contributed by atoms with Crippen LogP contribution in [0.25, 0.3) is 0 Å². The van der Waals surface area contributed by atoms with Crippen molar-refractivity contribution in [1.82, 2.24) is 16.0 Å². The average molecular weight is 1730 g/mol. The SMILES string of the molecule is CCCCCCCC/C=C\CCCCCCCCCCCCCCCC(=O)N[C@@H](CO[C@@H]1OC(CO)[C@@H](O[C@@H]2OC(CO)[C@H](O[C@@H]3OC(CO)[C@H](O)[C@H](O[C@@H]4OC(CO[C@@H]5OC(CO)[C@@H](O)[C@H](O)C5NC(C)=O)[C@H](O)[C@H](O[C@@H]5OC(CO)[C@H](O)[C@H](O)C5O)C4NC(C)=O)C3O)[C@H](O)C2O)[C@H](O)C1O)[C@H](O)/C=C/CCCCCCCCCCCCC. The molecule has 32 atom stereocenters. The second-order valence-electron chi connectivity index (χ2n) is 33.2. The van der Waals surface area contributed by atoms with Crippen LogP contribution in [0.5, 0.6) is 0 Å². The molecule has 3 amide bonds. The average Bonchev–Trinajstić information content (AvgIpc) is 0.782. The minimum Gasteiger partial charge on any atom is -0.394 e. The van der Waals surface area contributed by atoms with Crippen molar-refractivity contribution in [1.29, 1.82) is 0 Å². The fraction of sp³-hybridized carbons (Fsp3) is 0.917. The summed E-state index contributed by atoms with van der Waals surface area (Å²) in [5, 5.41) is 209. The number of nitrogens with one attached hydrogen (secondary N) is 3. The van der Waals surface area contributed by atoms with Gasteiger partial charge in [-0.05, 0) is 44.9 Å². The minimum absolute atomic E-state index is 0.174.